The van der Waals surface area contributed by atoms with Gasteiger partial charge in [0, 0.05) is 30.1 Å². The third-order valence-corrected chi connectivity index (χ3v) is 3.31. The number of aliphatic hydroxyl groups is 1. The van der Waals surface area contributed by atoms with Gasteiger partial charge < -0.3 is 15.3 Å². The summed E-state index contributed by atoms with van der Waals surface area (Å²) in [6.45, 7) is 1.61. The number of nitrogens with zero attached hydrogens (tertiary/aromatic N) is 1. The number of amides is 2. The smallest absolute Gasteiger partial charge is 0.321 e. The molecule has 106 valence electrons. The zero-order valence-electron chi connectivity index (χ0n) is 11.2. The highest BCUT2D eigenvalue weighted by Crippen LogP contribution is 2.21. The predicted octanol–water partition coefficient (Wildman–Crippen LogP) is 2.70. The molecule has 1 aromatic carbocycles. The lowest BCUT2D eigenvalue weighted by Crippen LogP contribution is -2.32. The van der Waals surface area contributed by atoms with E-state index in [1.54, 1.807) is 23.1 Å². The fourth-order valence-electron chi connectivity index (χ4n) is 2.06. The maximum Gasteiger partial charge on any atom is 0.321 e. The molecule has 5 heteroatoms. The Morgan fingerprint density at radius 2 is 2.15 bits per heavy atom. The van der Waals surface area contributed by atoms with Crippen molar-refractivity contribution in [2.75, 3.05) is 25.0 Å². The van der Waals surface area contributed by atoms with E-state index in [0.29, 0.717) is 22.7 Å². The number of carbonyl (C=O) groups excluding carboxylic acids is 1. The van der Waals surface area contributed by atoms with Gasteiger partial charge >= 0.3 is 6.03 Å². The monoisotopic (exact) mass is 292 g/mol. The molecule has 1 heterocycles. The van der Waals surface area contributed by atoms with E-state index in [9.17, 15) is 4.79 Å². The van der Waals surface area contributed by atoms with Crippen LogP contribution in [0.4, 0.5) is 10.5 Å². The van der Waals surface area contributed by atoms with Gasteiger partial charge in [0.05, 0.1) is 12.3 Å². The molecule has 0 saturated carbocycles. The number of aliphatic hydroxyl groups excluding tert-OH is 1. The van der Waals surface area contributed by atoms with Crippen LogP contribution in [0.5, 0.6) is 0 Å². The summed E-state index contributed by atoms with van der Waals surface area (Å²) in [7, 11) is 0. The van der Waals surface area contributed by atoms with E-state index in [1.807, 2.05) is 0 Å². The van der Waals surface area contributed by atoms with E-state index in [4.69, 9.17) is 16.7 Å². The average molecular weight is 293 g/mol. The molecule has 0 aromatic heterocycles. The highest BCUT2D eigenvalue weighted by molar-refractivity contribution is 6.30. The molecule has 0 bridgehead atoms. The quantitative estimate of drug-likeness (QED) is 0.824. The summed E-state index contributed by atoms with van der Waals surface area (Å²) in [5, 5.41) is 12.2. The number of urea groups is 1. The summed E-state index contributed by atoms with van der Waals surface area (Å²) in [5.41, 5.74) is 1.32. The van der Waals surface area contributed by atoms with Gasteiger partial charge in [0.2, 0.25) is 0 Å². The van der Waals surface area contributed by atoms with Crippen molar-refractivity contribution in [2.45, 2.75) is 19.3 Å². The van der Waals surface area contributed by atoms with Crippen molar-refractivity contribution in [3.63, 3.8) is 0 Å². The Morgan fingerprint density at radius 3 is 2.85 bits per heavy atom. The van der Waals surface area contributed by atoms with Crippen LogP contribution in [0.3, 0.4) is 0 Å². The molecule has 1 fully saturated rings. The van der Waals surface area contributed by atoms with E-state index >= 15 is 0 Å². The van der Waals surface area contributed by atoms with Crippen molar-refractivity contribution in [2.24, 2.45) is 0 Å². The summed E-state index contributed by atoms with van der Waals surface area (Å²) in [6.07, 6.45) is 2.50. The third-order valence-electron chi connectivity index (χ3n) is 3.08. The molecule has 1 aromatic rings. The highest BCUT2D eigenvalue weighted by atomic mass is 35.5. The zero-order valence-corrected chi connectivity index (χ0v) is 11.9. The van der Waals surface area contributed by atoms with Crippen molar-refractivity contribution in [1.82, 2.24) is 4.90 Å². The standard InChI is InChI=1S/C15H17ClN2O2/c16-13-6-7-14(12(11-13)5-1-4-10-19)17-15(20)18-8-2-3-9-18/h6-7,11,19H,2-4,8-10H2,(H,17,20). The lowest BCUT2D eigenvalue weighted by atomic mass is 10.1. The molecular weight excluding hydrogens is 276 g/mol. The number of benzene rings is 1. The fraction of sp³-hybridized carbons (Fsp3) is 0.400. The largest absolute Gasteiger partial charge is 0.395 e. The minimum atomic E-state index is -0.102. The van der Waals surface area contributed by atoms with Gasteiger partial charge in [-0.2, -0.15) is 0 Å². The molecule has 0 unspecified atom stereocenters. The molecule has 4 nitrogen and oxygen atoms in total. The maximum atomic E-state index is 12.1. The van der Waals surface area contributed by atoms with Crippen LogP contribution in [0.15, 0.2) is 18.2 Å². The Balaban J connectivity index is 2.14. The van der Waals surface area contributed by atoms with Crippen molar-refractivity contribution >= 4 is 23.3 Å². The second kappa shape index (κ2) is 7.18. The first-order chi connectivity index (χ1) is 9.70. The van der Waals surface area contributed by atoms with E-state index in [-0.39, 0.29) is 12.6 Å². The normalized spacial score (nSPS) is 13.8. The van der Waals surface area contributed by atoms with Crippen molar-refractivity contribution in [3.05, 3.63) is 28.8 Å². The fourth-order valence-corrected chi connectivity index (χ4v) is 2.23. The molecule has 2 N–H and O–H groups in total. The molecule has 2 amide bonds. The van der Waals surface area contributed by atoms with Crippen molar-refractivity contribution in [3.8, 4) is 11.8 Å². The second-order valence-electron chi connectivity index (χ2n) is 4.59. The molecule has 0 aliphatic carbocycles. The lowest BCUT2D eigenvalue weighted by molar-refractivity contribution is 0.222. The van der Waals surface area contributed by atoms with E-state index in [0.717, 1.165) is 25.9 Å². The summed E-state index contributed by atoms with van der Waals surface area (Å²) >= 11 is 5.95. The third kappa shape index (κ3) is 3.89. The Labute approximate surface area is 123 Å². The van der Waals surface area contributed by atoms with Crippen LogP contribution in [0.2, 0.25) is 5.02 Å². The number of likely N-dealkylation sites (tertiary alicyclic amines) is 1. The van der Waals surface area contributed by atoms with Gasteiger partial charge in [-0.15, -0.1) is 0 Å². The van der Waals surface area contributed by atoms with Crippen LogP contribution < -0.4 is 5.32 Å². The first-order valence-electron chi connectivity index (χ1n) is 6.66. The Hall–Kier alpha value is -1.70. The van der Waals surface area contributed by atoms with Gasteiger partial charge in [-0.3, -0.25) is 0 Å². The van der Waals surface area contributed by atoms with Crippen LogP contribution >= 0.6 is 11.6 Å². The highest BCUT2D eigenvalue weighted by Gasteiger charge is 2.18. The zero-order chi connectivity index (χ0) is 14.4. The number of carbonyl (C=O) groups is 1. The number of hydrogen-bond donors (Lipinski definition) is 2. The van der Waals surface area contributed by atoms with Crippen LogP contribution in [0.25, 0.3) is 0 Å². The minimum absolute atomic E-state index is 0.0169. The number of anilines is 1. The number of hydrogen-bond acceptors (Lipinski definition) is 2. The minimum Gasteiger partial charge on any atom is -0.395 e. The lowest BCUT2D eigenvalue weighted by Gasteiger charge is -2.17. The van der Waals surface area contributed by atoms with Gasteiger partial charge in [0.1, 0.15) is 0 Å². The molecule has 1 aliphatic heterocycles. The summed E-state index contributed by atoms with van der Waals surface area (Å²) < 4.78 is 0. The van der Waals surface area contributed by atoms with Crippen LogP contribution in [-0.4, -0.2) is 35.7 Å². The Morgan fingerprint density at radius 1 is 1.40 bits per heavy atom. The molecule has 2 rings (SSSR count). The Kier molecular flexibility index (Phi) is 5.28. The number of halogens is 1. The van der Waals surface area contributed by atoms with Gasteiger partial charge in [-0.1, -0.05) is 23.4 Å². The average Bonchev–Trinajstić information content (AvgIpc) is 2.96. The second-order valence-corrected chi connectivity index (χ2v) is 5.03. The number of rotatable bonds is 2. The van der Waals surface area contributed by atoms with Crippen LogP contribution in [-0.2, 0) is 0 Å². The molecule has 20 heavy (non-hydrogen) atoms. The summed E-state index contributed by atoms with van der Waals surface area (Å²) in [6, 6.07) is 5.08. The maximum absolute atomic E-state index is 12.1. The topological polar surface area (TPSA) is 52.6 Å². The first kappa shape index (κ1) is 14.7. The molecular formula is C15H17ClN2O2. The summed E-state index contributed by atoms with van der Waals surface area (Å²) in [5.74, 6) is 5.76. The molecule has 0 radical (unpaired) electrons. The predicted molar refractivity (Wildman–Crippen MR) is 79.9 cm³/mol. The SMILES string of the molecule is O=C(Nc1ccc(Cl)cc1C#CCCO)N1CCCC1. The van der Waals surface area contributed by atoms with Gasteiger partial charge in [-0.05, 0) is 31.0 Å². The number of nitrogens with one attached hydrogen (secondary N) is 1. The van der Waals surface area contributed by atoms with E-state index < -0.39 is 0 Å². The van der Waals surface area contributed by atoms with Gasteiger partial charge in [0.25, 0.3) is 0 Å². The summed E-state index contributed by atoms with van der Waals surface area (Å²) in [4.78, 5) is 13.9. The molecule has 1 saturated heterocycles. The van der Waals surface area contributed by atoms with Crippen LogP contribution in [0, 0.1) is 11.8 Å². The molecule has 0 atom stereocenters. The molecule has 1 aliphatic rings. The van der Waals surface area contributed by atoms with Crippen LogP contribution in [0.1, 0.15) is 24.8 Å². The van der Waals surface area contributed by atoms with Gasteiger partial charge in [-0.25, -0.2) is 4.79 Å². The van der Waals surface area contributed by atoms with Gasteiger partial charge in [0.15, 0.2) is 0 Å². The Bertz CT molecular complexity index is 543. The first-order valence-corrected chi connectivity index (χ1v) is 7.03. The van der Waals surface area contributed by atoms with Crippen molar-refractivity contribution < 1.29 is 9.90 Å². The van der Waals surface area contributed by atoms with Crippen molar-refractivity contribution in [1.29, 1.82) is 0 Å². The van der Waals surface area contributed by atoms with E-state index in [1.165, 1.54) is 0 Å². The molecule has 0 spiro atoms. The van der Waals surface area contributed by atoms with E-state index in [2.05, 4.69) is 17.2 Å².